The molecule has 0 saturated carbocycles. The van der Waals surface area contributed by atoms with E-state index in [1.54, 1.807) is 0 Å². The first-order valence-corrected chi connectivity index (χ1v) is 2.44. The number of hydrogen-bond donors (Lipinski definition) is 0. The lowest BCUT2D eigenvalue weighted by Crippen LogP contribution is -1.57. The van der Waals surface area contributed by atoms with Crippen molar-refractivity contribution < 1.29 is 0 Å². The Morgan fingerprint density at radius 2 is 1.86 bits per heavy atom. The molecule has 0 fully saturated rings. The van der Waals surface area contributed by atoms with Crippen LogP contribution < -0.4 is 0 Å². The van der Waals surface area contributed by atoms with E-state index in [9.17, 15) is 0 Å². The number of hydrogen-bond acceptors (Lipinski definition) is 0. The molecule has 1 rings (SSSR count). The average Bonchev–Trinajstić information content (AvgIpc) is 2.14. The maximum atomic E-state index is 2.08. The molecule has 0 spiro atoms. The summed E-state index contributed by atoms with van der Waals surface area (Å²) in [6, 6.07) is 0. The van der Waals surface area contributed by atoms with E-state index >= 15 is 0 Å². The second-order valence-corrected chi connectivity index (χ2v) is 1.51. The summed E-state index contributed by atoms with van der Waals surface area (Å²) in [7, 11) is 0. The first kappa shape index (κ1) is 4.38. The molecule has 0 heteroatoms. The summed E-state index contributed by atoms with van der Waals surface area (Å²) in [5, 5.41) is 0. The highest BCUT2D eigenvalue weighted by Gasteiger charge is 1.84. The second-order valence-electron chi connectivity index (χ2n) is 1.51. The fourth-order valence-electron chi connectivity index (χ4n) is 0.581. The molecule has 7 heavy (non-hydrogen) atoms. The van der Waals surface area contributed by atoms with Crippen molar-refractivity contribution in [2.75, 3.05) is 0 Å². The van der Waals surface area contributed by atoms with Crippen LogP contribution in [-0.2, 0) is 0 Å². The van der Waals surface area contributed by atoms with E-state index in [1.807, 2.05) is 19.1 Å². The lowest BCUT2D eigenvalue weighted by molar-refractivity contribution is 1.64. The molecule has 0 aliphatic heterocycles. The van der Waals surface area contributed by atoms with Gasteiger partial charge in [0.1, 0.15) is 0 Å². The van der Waals surface area contributed by atoms with E-state index in [2.05, 4.69) is 18.2 Å². The molecule has 36 valence electrons. The number of allylic oxidation sites excluding steroid dienone is 6. The standard InChI is InChI=1S/C7H8/c1-2-7-5-3-4-6-7/h2-6H,1H3. The lowest BCUT2D eigenvalue weighted by Gasteiger charge is -1.78. The Morgan fingerprint density at radius 3 is 2.14 bits per heavy atom. The van der Waals surface area contributed by atoms with Gasteiger partial charge in [-0.15, -0.1) is 0 Å². The van der Waals surface area contributed by atoms with Crippen molar-refractivity contribution in [2.24, 2.45) is 0 Å². The van der Waals surface area contributed by atoms with Gasteiger partial charge < -0.3 is 0 Å². The normalized spacial score (nSPS) is 15.9. The molecule has 0 aromatic heterocycles. The van der Waals surface area contributed by atoms with Crippen LogP contribution in [0.15, 0.2) is 36.0 Å². The van der Waals surface area contributed by atoms with E-state index in [1.165, 1.54) is 5.57 Å². The predicted octanol–water partition coefficient (Wildman–Crippen LogP) is 2.06. The molecule has 0 bridgehead atoms. The summed E-state index contributed by atoms with van der Waals surface area (Å²) >= 11 is 0. The molecule has 0 aromatic carbocycles. The molecule has 0 nitrogen and oxygen atoms in total. The first-order chi connectivity index (χ1) is 3.43. The van der Waals surface area contributed by atoms with E-state index < -0.39 is 0 Å². The van der Waals surface area contributed by atoms with Gasteiger partial charge in [-0.2, -0.15) is 0 Å². The Labute approximate surface area is 43.9 Å². The number of rotatable bonds is 0. The van der Waals surface area contributed by atoms with Crippen molar-refractivity contribution >= 4 is 0 Å². The highest BCUT2D eigenvalue weighted by Crippen LogP contribution is 2.04. The van der Waals surface area contributed by atoms with Gasteiger partial charge in [0.05, 0.1) is 0 Å². The van der Waals surface area contributed by atoms with Crippen molar-refractivity contribution in [1.82, 2.24) is 0 Å². The molecule has 0 saturated heterocycles. The molecule has 1 aliphatic rings. The third-order valence-corrected chi connectivity index (χ3v) is 1.02. The smallest absolute Gasteiger partial charge is 0.0299 e. The summed E-state index contributed by atoms with van der Waals surface area (Å²) in [5.41, 5.74) is 1.31. The lowest BCUT2D eigenvalue weighted by atomic mass is 10.3. The van der Waals surface area contributed by atoms with Crippen molar-refractivity contribution in [2.45, 2.75) is 6.92 Å². The molecule has 0 N–H and O–H groups in total. The minimum absolute atomic E-state index is 1.31. The SMILES string of the molecule is CC=C1C=CC=C1. The fourth-order valence-corrected chi connectivity index (χ4v) is 0.581. The first-order valence-electron chi connectivity index (χ1n) is 2.44. The van der Waals surface area contributed by atoms with E-state index in [-0.39, 0.29) is 0 Å². The topological polar surface area (TPSA) is 0 Å². The van der Waals surface area contributed by atoms with Crippen LogP contribution in [0.3, 0.4) is 0 Å². The largest absolute Gasteiger partial charge is 0.0804 e. The molecule has 0 unspecified atom stereocenters. The Kier molecular flexibility index (Phi) is 1.12. The molecule has 0 atom stereocenters. The molecule has 0 radical (unpaired) electrons. The van der Waals surface area contributed by atoms with Gasteiger partial charge in [-0.25, -0.2) is 0 Å². The Hall–Kier alpha value is -0.780. The van der Waals surface area contributed by atoms with Crippen LogP contribution in [0.2, 0.25) is 0 Å². The van der Waals surface area contributed by atoms with Crippen LogP contribution in [0, 0.1) is 0 Å². The minimum atomic E-state index is 1.31. The molecular weight excluding hydrogens is 84.1 g/mol. The van der Waals surface area contributed by atoms with Crippen LogP contribution >= 0.6 is 0 Å². The van der Waals surface area contributed by atoms with Gasteiger partial charge in [0.25, 0.3) is 0 Å². The summed E-state index contributed by atoms with van der Waals surface area (Å²) < 4.78 is 0. The van der Waals surface area contributed by atoms with Crippen LogP contribution in [0.1, 0.15) is 6.92 Å². The zero-order valence-corrected chi connectivity index (χ0v) is 4.39. The van der Waals surface area contributed by atoms with Crippen molar-refractivity contribution in [3.05, 3.63) is 36.0 Å². The average molecular weight is 92.1 g/mol. The van der Waals surface area contributed by atoms with Crippen LogP contribution in [0.4, 0.5) is 0 Å². The summed E-state index contributed by atoms with van der Waals surface area (Å²) in [6.07, 6.45) is 10.3. The van der Waals surface area contributed by atoms with Crippen molar-refractivity contribution in [3.63, 3.8) is 0 Å². The van der Waals surface area contributed by atoms with Gasteiger partial charge in [0.15, 0.2) is 0 Å². The molecule has 0 heterocycles. The molecule has 0 amide bonds. The maximum absolute atomic E-state index is 2.08. The van der Waals surface area contributed by atoms with Gasteiger partial charge in [-0.3, -0.25) is 0 Å². The Morgan fingerprint density at radius 1 is 1.29 bits per heavy atom. The van der Waals surface area contributed by atoms with Gasteiger partial charge in [-0.05, 0) is 12.5 Å². The van der Waals surface area contributed by atoms with Crippen LogP contribution in [0.5, 0.6) is 0 Å². The van der Waals surface area contributed by atoms with E-state index in [4.69, 9.17) is 0 Å². The van der Waals surface area contributed by atoms with Gasteiger partial charge in [0, 0.05) is 0 Å². The summed E-state index contributed by atoms with van der Waals surface area (Å²) in [6.45, 7) is 2.04. The summed E-state index contributed by atoms with van der Waals surface area (Å²) in [5.74, 6) is 0. The van der Waals surface area contributed by atoms with Crippen LogP contribution in [-0.4, -0.2) is 0 Å². The van der Waals surface area contributed by atoms with E-state index in [0.29, 0.717) is 0 Å². The monoisotopic (exact) mass is 92.1 g/mol. The highest BCUT2D eigenvalue weighted by atomic mass is 13.9. The Bertz CT molecular complexity index is 122. The third-order valence-electron chi connectivity index (χ3n) is 1.02. The van der Waals surface area contributed by atoms with Crippen LogP contribution in [0.25, 0.3) is 0 Å². The Balaban J connectivity index is 2.79. The van der Waals surface area contributed by atoms with Gasteiger partial charge in [0.2, 0.25) is 0 Å². The van der Waals surface area contributed by atoms with Gasteiger partial charge in [-0.1, -0.05) is 30.4 Å². The quantitative estimate of drug-likeness (QED) is 0.429. The predicted molar refractivity (Wildman–Crippen MR) is 32.0 cm³/mol. The second kappa shape index (κ2) is 1.78. The maximum Gasteiger partial charge on any atom is -0.0299 e. The zero-order valence-electron chi connectivity index (χ0n) is 4.39. The fraction of sp³-hybridized carbons (Fsp3) is 0.143. The highest BCUT2D eigenvalue weighted by molar-refractivity contribution is 5.39. The zero-order chi connectivity index (χ0) is 5.11. The van der Waals surface area contributed by atoms with Crippen molar-refractivity contribution in [1.29, 1.82) is 0 Å². The van der Waals surface area contributed by atoms with Gasteiger partial charge >= 0.3 is 0 Å². The molecule has 0 aromatic rings. The minimum Gasteiger partial charge on any atom is -0.0804 e. The van der Waals surface area contributed by atoms with Crippen molar-refractivity contribution in [3.8, 4) is 0 Å². The molecule has 1 aliphatic carbocycles. The van der Waals surface area contributed by atoms with E-state index in [0.717, 1.165) is 0 Å². The molecular formula is C7H8. The summed E-state index contributed by atoms with van der Waals surface area (Å²) in [4.78, 5) is 0. The third kappa shape index (κ3) is 0.801.